The molecule has 158 valence electrons. The van der Waals surface area contributed by atoms with E-state index in [0.29, 0.717) is 11.6 Å². The molecule has 1 heterocycles. The molecule has 1 aromatic heterocycles. The number of aryl methyl sites for hydroxylation is 1. The number of benzene rings is 1. The summed E-state index contributed by atoms with van der Waals surface area (Å²) in [4.78, 5) is 4.65. The lowest BCUT2D eigenvalue weighted by atomic mass is 9.79. The van der Waals surface area contributed by atoms with Crippen LogP contribution in [0, 0.1) is 5.92 Å². The molecule has 4 rings (SSSR count). The fourth-order valence-corrected chi connectivity index (χ4v) is 4.60. The highest BCUT2D eigenvalue weighted by Gasteiger charge is 2.23. The van der Waals surface area contributed by atoms with E-state index < -0.39 is 10.0 Å². The van der Waals surface area contributed by atoms with E-state index in [1.165, 1.54) is 31.9 Å². The zero-order valence-electron chi connectivity index (χ0n) is 17.4. The number of sulfonamides is 1. The van der Waals surface area contributed by atoms with Gasteiger partial charge in [-0.25, -0.2) is 18.1 Å². The first kappa shape index (κ1) is 20.6. The molecule has 2 aliphatic rings. The molecule has 2 aromatic rings. The summed E-state index contributed by atoms with van der Waals surface area (Å²) in [6, 6.07) is 5.05. The summed E-state index contributed by atoms with van der Waals surface area (Å²) < 4.78 is 28.9. The molecule has 1 fully saturated rings. The van der Waals surface area contributed by atoms with Crippen molar-refractivity contribution in [2.75, 3.05) is 12.4 Å². The monoisotopic (exact) mass is 424 g/mol. The first-order valence-electron chi connectivity index (χ1n) is 10.3. The number of rotatable bonds is 6. The van der Waals surface area contributed by atoms with Gasteiger partial charge in [0.25, 0.3) is 0 Å². The van der Waals surface area contributed by atoms with Crippen LogP contribution < -0.4 is 10.0 Å². The molecule has 0 spiro atoms. The van der Waals surface area contributed by atoms with Gasteiger partial charge in [0.1, 0.15) is 0 Å². The van der Waals surface area contributed by atoms with Crippen molar-refractivity contribution in [3.63, 3.8) is 0 Å². The highest BCUT2D eigenvalue weighted by atomic mass is 32.2. The SMILES string of the molecule is C=C1CC=C(C2CCC2)C=CC1Nc1ccc(S(=O)(=O)NC)cc1-c1cn(C)cn1. The lowest BCUT2D eigenvalue weighted by molar-refractivity contribution is 0.373. The van der Waals surface area contributed by atoms with Gasteiger partial charge in [0.2, 0.25) is 10.0 Å². The van der Waals surface area contributed by atoms with E-state index in [9.17, 15) is 8.42 Å². The zero-order valence-corrected chi connectivity index (χ0v) is 18.2. The largest absolute Gasteiger partial charge is 0.375 e. The van der Waals surface area contributed by atoms with Crippen LogP contribution in [-0.4, -0.2) is 31.1 Å². The van der Waals surface area contributed by atoms with Crippen molar-refractivity contribution in [1.29, 1.82) is 0 Å². The minimum Gasteiger partial charge on any atom is -0.375 e. The Balaban J connectivity index is 1.67. The number of nitrogens with one attached hydrogen (secondary N) is 2. The van der Waals surface area contributed by atoms with Gasteiger partial charge in [-0.3, -0.25) is 0 Å². The van der Waals surface area contributed by atoms with E-state index in [0.717, 1.165) is 23.2 Å². The summed E-state index contributed by atoms with van der Waals surface area (Å²) in [7, 11) is -0.252. The molecular formula is C23H28N4O2S. The van der Waals surface area contributed by atoms with Gasteiger partial charge in [-0.1, -0.05) is 31.2 Å². The van der Waals surface area contributed by atoms with Gasteiger partial charge in [0.05, 0.1) is 23.0 Å². The molecular weight excluding hydrogens is 396 g/mol. The highest BCUT2D eigenvalue weighted by Crippen LogP contribution is 2.36. The van der Waals surface area contributed by atoms with Gasteiger partial charge in [-0.05, 0) is 61.6 Å². The second kappa shape index (κ2) is 8.24. The summed E-state index contributed by atoms with van der Waals surface area (Å²) >= 11 is 0. The third-order valence-corrected chi connectivity index (χ3v) is 7.37. The molecule has 0 radical (unpaired) electrons. The standard InChI is InChI=1S/C23H28N4O2S/c1-16-7-8-18(17-5-4-6-17)9-11-21(16)26-22-12-10-19(30(28,29)24-2)13-20(22)23-14-27(3)15-25-23/h8-15,17,21,24,26H,1,4-7H2,2-3H3. The third-order valence-electron chi connectivity index (χ3n) is 5.96. The maximum Gasteiger partial charge on any atom is 0.240 e. The number of imidazole rings is 1. The number of nitrogens with zero attached hydrogens (tertiary/aromatic N) is 2. The Kier molecular flexibility index (Phi) is 5.66. The number of allylic oxidation sites excluding steroid dienone is 3. The van der Waals surface area contributed by atoms with Crippen molar-refractivity contribution in [2.24, 2.45) is 13.0 Å². The van der Waals surface area contributed by atoms with Gasteiger partial charge >= 0.3 is 0 Å². The first-order chi connectivity index (χ1) is 14.4. The third kappa shape index (κ3) is 4.13. The Morgan fingerprint density at radius 2 is 2.07 bits per heavy atom. The highest BCUT2D eigenvalue weighted by molar-refractivity contribution is 7.89. The van der Waals surface area contributed by atoms with Crippen LogP contribution in [0.5, 0.6) is 0 Å². The molecule has 2 aliphatic carbocycles. The summed E-state index contributed by atoms with van der Waals surface area (Å²) in [5.74, 6) is 0.683. The Bertz CT molecular complexity index is 1120. The second-order valence-corrected chi connectivity index (χ2v) is 9.90. The van der Waals surface area contributed by atoms with E-state index in [4.69, 9.17) is 0 Å². The molecule has 0 aliphatic heterocycles. The lowest BCUT2D eigenvalue weighted by Crippen LogP contribution is -2.20. The molecule has 1 saturated carbocycles. The number of hydrogen-bond donors (Lipinski definition) is 2. The van der Waals surface area contributed by atoms with Gasteiger partial charge < -0.3 is 9.88 Å². The molecule has 0 bridgehead atoms. The molecule has 1 atom stereocenters. The minimum absolute atomic E-state index is 0.0342. The molecule has 2 N–H and O–H groups in total. The maximum atomic E-state index is 12.3. The van der Waals surface area contributed by atoms with E-state index in [1.807, 2.05) is 17.8 Å². The van der Waals surface area contributed by atoms with Crippen molar-refractivity contribution < 1.29 is 8.42 Å². The van der Waals surface area contributed by atoms with Gasteiger partial charge in [0, 0.05) is 24.5 Å². The summed E-state index contributed by atoms with van der Waals surface area (Å²) in [5.41, 5.74) is 4.77. The van der Waals surface area contributed by atoms with Crippen LogP contribution in [0.2, 0.25) is 0 Å². The maximum absolute atomic E-state index is 12.3. The molecule has 1 aromatic carbocycles. The van der Waals surface area contributed by atoms with Crippen LogP contribution in [0.4, 0.5) is 5.69 Å². The van der Waals surface area contributed by atoms with Gasteiger partial charge in [-0.2, -0.15) is 0 Å². The van der Waals surface area contributed by atoms with E-state index in [1.54, 1.807) is 24.5 Å². The molecule has 0 saturated heterocycles. The zero-order chi connectivity index (χ0) is 21.3. The van der Waals surface area contributed by atoms with Crippen LogP contribution in [0.3, 0.4) is 0 Å². The first-order valence-corrected chi connectivity index (χ1v) is 11.7. The van der Waals surface area contributed by atoms with Crippen LogP contribution in [0.15, 0.2) is 71.6 Å². The molecule has 30 heavy (non-hydrogen) atoms. The van der Waals surface area contributed by atoms with Crippen molar-refractivity contribution in [3.8, 4) is 11.3 Å². The van der Waals surface area contributed by atoms with Crippen molar-refractivity contribution in [1.82, 2.24) is 14.3 Å². The Morgan fingerprint density at radius 1 is 1.27 bits per heavy atom. The van der Waals surface area contributed by atoms with E-state index >= 15 is 0 Å². The van der Waals surface area contributed by atoms with Crippen LogP contribution >= 0.6 is 0 Å². The van der Waals surface area contributed by atoms with Crippen molar-refractivity contribution in [3.05, 3.63) is 66.7 Å². The Morgan fingerprint density at radius 3 is 2.70 bits per heavy atom. The summed E-state index contributed by atoms with van der Waals surface area (Å²) in [5, 5.41) is 3.55. The summed E-state index contributed by atoms with van der Waals surface area (Å²) in [6.45, 7) is 4.28. The second-order valence-electron chi connectivity index (χ2n) is 8.01. The van der Waals surface area contributed by atoms with Crippen molar-refractivity contribution >= 4 is 15.7 Å². The average molecular weight is 425 g/mol. The fourth-order valence-electron chi connectivity index (χ4n) is 3.85. The number of aromatic nitrogens is 2. The van der Waals surface area contributed by atoms with Crippen LogP contribution in [0.25, 0.3) is 11.3 Å². The predicted octanol–water partition coefficient (Wildman–Crippen LogP) is 4.02. The Labute approximate surface area is 178 Å². The quantitative estimate of drug-likeness (QED) is 0.687. The fraction of sp³-hybridized carbons (Fsp3) is 0.348. The topological polar surface area (TPSA) is 76.0 Å². The predicted molar refractivity (Wildman–Crippen MR) is 121 cm³/mol. The van der Waals surface area contributed by atoms with Crippen molar-refractivity contribution in [2.45, 2.75) is 36.6 Å². The number of hydrogen-bond acceptors (Lipinski definition) is 4. The van der Waals surface area contributed by atoms with Crippen LogP contribution in [-0.2, 0) is 17.1 Å². The Hall–Kier alpha value is -2.64. The molecule has 0 amide bonds. The lowest BCUT2D eigenvalue weighted by Gasteiger charge is -2.26. The average Bonchev–Trinajstić information content (AvgIpc) is 3.05. The minimum atomic E-state index is -3.55. The van der Waals surface area contributed by atoms with Gasteiger partial charge in [0.15, 0.2) is 0 Å². The van der Waals surface area contributed by atoms with E-state index in [-0.39, 0.29) is 10.9 Å². The summed E-state index contributed by atoms with van der Waals surface area (Å²) in [6.07, 6.45) is 15.0. The smallest absolute Gasteiger partial charge is 0.240 e. The number of anilines is 1. The van der Waals surface area contributed by atoms with Gasteiger partial charge in [-0.15, -0.1) is 0 Å². The van der Waals surface area contributed by atoms with Crippen LogP contribution in [0.1, 0.15) is 25.7 Å². The van der Waals surface area contributed by atoms with E-state index in [2.05, 4.69) is 39.8 Å². The normalized spacial score (nSPS) is 19.9. The molecule has 6 nitrogen and oxygen atoms in total. The molecule has 7 heteroatoms. The molecule has 1 unspecified atom stereocenters.